The molecule has 0 saturated carbocycles. The van der Waals surface area contributed by atoms with Crippen molar-refractivity contribution in [1.29, 1.82) is 0 Å². The maximum Gasteiger partial charge on any atom is 0.0876 e. The van der Waals surface area contributed by atoms with E-state index in [0.717, 1.165) is 23.7 Å². The van der Waals surface area contributed by atoms with E-state index in [1.54, 1.807) is 11.3 Å². The molecule has 0 fully saturated rings. The van der Waals surface area contributed by atoms with Crippen LogP contribution in [-0.2, 0) is 6.42 Å². The number of halogens is 1. The lowest BCUT2D eigenvalue weighted by molar-refractivity contribution is 0.0708. The topological polar surface area (TPSA) is 20.2 Å². The second kappa shape index (κ2) is 4.40. The Morgan fingerprint density at radius 2 is 2.47 bits per heavy atom. The molecule has 0 radical (unpaired) electrons. The number of thiophene rings is 1. The van der Waals surface area contributed by atoms with E-state index < -0.39 is 5.60 Å². The Hall–Kier alpha value is -0.120. The van der Waals surface area contributed by atoms with Gasteiger partial charge in [0, 0.05) is 21.2 Å². The zero-order valence-electron chi connectivity index (χ0n) is 8.74. The molecule has 1 aliphatic rings. The van der Waals surface area contributed by atoms with E-state index in [0.29, 0.717) is 5.92 Å². The van der Waals surface area contributed by atoms with Crippen LogP contribution in [0.2, 0.25) is 0 Å². The van der Waals surface area contributed by atoms with E-state index in [4.69, 9.17) is 0 Å². The van der Waals surface area contributed by atoms with Gasteiger partial charge in [-0.2, -0.15) is 0 Å². The first-order chi connectivity index (χ1) is 7.07. The first kappa shape index (κ1) is 11.4. The monoisotopic (exact) mass is 286 g/mol. The van der Waals surface area contributed by atoms with E-state index in [1.807, 2.05) is 6.08 Å². The maximum absolute atomic E-state index is 10.4. The third kappa shape index (κ3) is 2.92. The summed E-state index contributed by atoms with van der Waals surface area (Å²) in [5.41, 5.74) is -0.614. The molecule has 15 heavy (non-hydrogen) atoms. The van der Waals surface area contributed by atoms with E-state index in [9.17, 15) is 5.11 Å². The van der Waals surface area contributed by atoms with Crippen LogP contribution in [0.3, 0.4) is 0 Å². The molecule has 0 spiro atoms. The van der Waals surface area contributed by atoms with Crippen molar-refractivity contribution in [2.75, 3.05) is 0 Å². The zero-order chi connectivity index (χ0) is 10.9. The van der Waals surface area contributed by atoms with Crippen molar-refractivity contribution in [2.24, 2.45) is 5.92 Å². The van der Waals surface area contributed by atoms with Crippen molar-refractivity contribution < 1.29 is 5.11 Å². The lowest BCUT2D eigenvalue weighted by Crippen LogP contribution is -2.31. The fourth-order valence-electron chi connectivity index (χ4n) is 1.90. The maximum atomic E-state index is 10.4. The van der Waals surface area contributed by atoms with Crippen LogP contribution in [-0.4, -0.2) is 10.7 Å². The highest BCUT2D eigenvalue weighted by Gasteiger charge is 2.28. The van der Waals surface area contributed by atoms with Gasteiger partial charge in [-0.1, -0.05) is 19.1 Å². The largest absolute Gasteiger partial charge is 0.385 e. The van der Waals surface area contributed by atoms with E-state index in [-0.39, 0.29) is 0 Å². The number of hydrogen-bond donors (Lipinski definition) is 1. The van der Waals surface area contributed by atoms with Crippen molar-refractivity contribution in [1.82, 2.24) is 0 Å². The van der Waals surface area contributed by atoms with Crippen LogP contribution in [0.4, 0.5) is 0 Å². The van der Waals surface area contributed by atoms with Gasteiger partial charge in [0.15, 0.2) is 0 Å². The Labute approximate surface area is 103 Å². The van der Waals surface area contributed by atoms with Gasteiger partial charge in [0.25, 0.3) is 0 Å². The van der Waals surface area contributed by atoms with Gasteiger partial charge in [-0.15, -0.1) is 11.3 Å². The molecule has 1 aromatic rings. The van der Waals surface area contributed by atoms with Crippen LogP contribution in [0.25, 0.3) is 0 Å². The highest BCUT2D eigenvalue weighted by Crippen LogP contribution is 2.31. The van der Waals surface area contributed by atoms with Crippen molar-refractivity contribution >= 4 is 27.3 Å². The summed E-state index contributed by atoms with van der Waals surface area (Å²) in [6, 6.07) is 2.09. The molecule has 1 nitrogen and oxygen atoms in total. The van der Waals surface area contributed by atoms with Crippen LogP contribution in [0, 0.1) is 5.92 Å². The van der Waals surface area contributed by atoms with Crippen molar-refractivity contribution in [2.45, 2.75) is 31.8 Å². The van der Waals surface area contributed by atoms with Crippen LogP contribution in [0.15, 0.2) is 28.1 Å². The van der Waals surface area contributed by atoms with Gasteiger partial charge in [0.2, 0.25) is 0 Å². The molecule has 1 aromatic heterocycles. The van der Waals surface area contributed by atoms with Gasteiger partial charge >= 0.3 is 0 Å². The third-order valence-electron chi connectivity index (χ3n) is 2.87. The predicted octanol–water partition coefficient (Wildman–Crippen LogP) is 3.77. The Balaban J connectivity index is 2.08. The summed E-state index contributed by atoms with van der Waals surface area (Å²) >= 11 is 5.14. The minimum atomic E-state index is -0.614. The van der Waals surface area contributed by atoms with Crippen LogP contribution < -0.4 is 0 Å². The summed E-state index contributed by atoms with van der Waals surface area (Å²) in [6.45, 7) is 2.19. The fraction of sp³-hybridized carbons (Fsp3) is 0.500. The minimum absolute atomic E-state index is 0.611. The van der Waals surface area contributed by atoms with Crippen LogP contribution in [0.5, 0.6) is 0 Å². The predicted molar refractivity (Wildman–Crippen MR) is 68.2 cm³/mol. The molecule has 0 bridgehead atoms. The second-order valence-corrected chi connectivity index (χ2v) is 6.30. The van der Waals surface area contributed by atoms with E-state index in [2.05, 4.69) is 40.4 Å². The first-order valence-corrected chi connectivity index (χ1v) is 6.89. The fourth-order valence-corrected chi connectivity index (χ4v) is 3.46. The average molecular weight is 287 g/mol. The minimum Gasteiger partial charge on any atom is -0.385 e. The highest BCUT2D eigenvalue weighted by molar-refractivity contribution is 9.10. The van der Waals surface area contributed by atoms with Gasteiger partial charge in [0.05, 0.1) is 5.60 Å². The lowest BCUT2D eigenvalue weighted by Gasteiger charge is -2.29. The van der Waals surface area contributed by atoms with Crippen LogP contribution >= 0.6 is 27.3 Å². The Morgan fingerprint density at radius 1 is 1.67 bits per heavy atom. The molecule has 1 heterocycles. The molecule has 82 valence electrons. The first-order valence-electron chi connectivity index (χ1n) is 5.22. The zero-order valence-corrected chi connectivity index (χ0v) is 11.1. The van der Waals surface area contributed by atoms with Gasteiger partial charge in [-0.3, -0.25) is 0 Å². The lowest BCUT2D eigenvalue weighted by atomic mass is 9.83. The summed E-state index contributed by atoms with van der Waals surface area (Å²) in [5, 5.41) is 12.4. The SMILES string of the molecule is CC1C=CC(O)(Cc2cc(Br)cs2)CC1. The smallest absolute Gasteiger partial charge is 0.0876 e. The molecular weight excluding hydrogens is 272 g/mol. The molecular formula is C12H15BrOS. The van der Waals surface area contributed by atoms with Gasteiger partial charge in [-0.25, -0.2) is 0 Å². The highest BCUT2D eigenvalue weighted by atomic mass is 79.9. The van der Waals surface area contributed by atoms with E-state index in [1.165, 1.54) is 4.88 Å². The van der Waals surface area contributed by atoms with Crippen LogP contribution in [0.1, 0.15) is 24.6 Å². The van der Waals surface area contributed by atoms with Gasteiger partial charge in [-0.05, 0) is 40.8 Å². The van der Waals surface area contributed by atoms with Gasteiger partial charge in [0.1, 0.15) is 0 Å². The average Bonchev–Trinajstić information content (AvgIpc) is 2.57. The summed E-state index contributed by atoms with van der Waals surface area (Å²) in [5.74, 6) is 0.611. The molecule has 2 unspecified atom stereocenters. The van der Waals surface area contributed by atoms with Crippen molar-refractivity contribution in [3.05, 3.63) is 32.9 Å². The van der Waals surface area contributed by atoms with Gasteiger partial charge < -0.3 is 5.11 Å². The molecule has 0 aromatic carbocycles. The quantitative estimate of drug-likeness (QED) is 0.821. The molecule has 0 aliphatic heterocycles. The summed E-state index contributed by atoms with van der Waals surface area (Å²) in [6.07, 6.45) is 6.81. The molecule has 0 saturated heterocycles. The summed E-state index contributed by atoms with van der Waals surface area (Å²) in [4.78, 5) is 1.24. The standard InChI is InChI=1S/C12H15BrOS/c1-9-2-4-12(14,5-3-9)7-11-6-10(13)8-15-11/h2,4,6,8-9,14H,3,5,7H2,1H3. The Bertz CT molecular complexity index is 371. The van der Waals surface area contributed by atoms with Crippen molar-refractivity contribution in [3.63, 3.8) is 0 Å². The molecule has 3 heteroatoms. The Morgan fingerprint density at radius 3 is 3.00 bits per heavy atom. The molecule has 2 rings (SSSR count). The molecule has 1 N–H and O–H groups in total. The van der Waals surface area contributed by atoms with E-state index >= 15 is 0 Å². The normalized spacial score (nSPS) is 30.7. The third-order valence-corrected chi connectivity index (χ3v) is 4.57. The number of rotatable bonds is 2. The number of aliphatic hydroxyl groups is 1. The number of allylic oxidation sites excluding steroid dienone is 1. The van der Waals surface area contributed by atoms with Crippen molar-refractivity contribution in [3.8, 4) is 0 Å². The number of hydrogen-bond acceptors (Lipinski definition) is 2. The summed E-state index contributed by atoms with van der Waals surface area (Å²) < 4.78 is 1.11. The second-order valence-electron chi connectivity index (χ2n) is 4.39. The Kier molecular flexibility index (Phi) is 3.33. The molecule has 0 amide bonds. The molecule has 1 aliphatic carbocycles. The molecule has 2 atom stereocenters. The summed E-state index contributed by atoms with van der Waals surface area (Å²) in [7, 11) is 0.